The molecule has 6 nitrogen and oxygen atoms in total. The van der Waals surface area contributed by atoms with Crippen LogP contribution in [0.25, 0.3) is 0 Å². The molecule has 1 heterocycles. The van der Waals surface area contributed by atoms with Crippen molar-refractivity contribution in [2.24, 2.45) is 0 Å². The van der Waals surface area contributed by atoms with Gasteiger partial charge in [-0.15, -0.1) is 0 Å². The van der Waals surface area contributed by atoms with E-state index in [-0.39, 0.29) is 11.6 Å². The second-order valence-corrected chi connectivity index (χ2v) is 5.73. The number of methoxy groups -OCH3 is 1. The van der Waals surface area contributed by atoms with Crippen LogP contribution in [0.2, 0.25) is 0 Å². The summed E-state index contributed by atoms with van der Waals surface area (Å²) in [4.78, 5) is 0. The maximum Gasteiger partial charge on any atom is 0.257 e. The molecule has 0 spiro atoms. The Morgan fingerprint density at radius 1 is 1.32 bits per heavy atom. The van der Waals surface area contributed by atoms with Crippen molar-refractivity contribution in [1.29, 1.82) is 0 Å². The van der Waals surface area contributed by atoms with E-state index in [2.05, 4.69) is 14.9 Å². The number of hydrogen-bond donors (Lipinski definition) is 2. The van der Waals surface area contributed by atoms with E-state index in [0.29, 0.717) is 6.61 Å². The second kappa shape index (κ2) is 5.96. The third kappa shape index (κ3) is 3.63. The minimum absolute atomic E-state index is 0.0561. The van der Waals surface area contributed by atoms with Crippen molar-refractivity contribution in [3.63, 3.8) is 0 Å². The zero-order valence-electron chi connectivity index (χ0n) is 10.5. The van der Waals surface area contributed by atoms with Crippen molar-refractivity contribution >= 4 is 10.0 Å². The van der Waals surface area contributed by atoms with Crippen molar-refractivity contribution in [2.45, 2.75) is 18.2 Å². The molecule has 2 rings (SSSR count). The van der Waals surface area contributed by atoms with Crippen molar-refractivity contribution in [2.75, 3.05) is 7.11 Å². The van der Waals surface area contributed by atoms with Crippen molar-refractivity contribution in [1.82, 2.24) is 14.9 Å². The van der Waals surface area contributed by atoms with Crippen LogP contribution in [0.15, 0.2) is 41.6 Å². The molecule has 102 valence electrons. The molecule has 0 atom stereocenters. The lowest BCUT2D eigenvalue weighted by atomic mass is 10.1. The predicted octanol–water partition coefficient (Wildman–Crippen LogP) is 1.03. The highest BCUT2D eigenvalue weighted by Crippen LogP contribution is 2.08. The molecule has 0 aliphatic heterocycles. The van der Waals surface area contributed by atoms with Crippen LogP contribution in [0.4, 0.5) is 0 Å². The summed E-state index contributed by atoms with van der Waals surface area (Å²) in [5.41, 5.74) is 1.87. The summed E-state index contributed by atoms with van der Waals surface area (Å²) in [5, 5.41) is 6.10. The third-order valence-electron chi connectivity index (χ3n) is 2.53. The lowest BCUT2D eigenvalue weighted by Gasteiger charge is -2.06. The molecule has 0 saturated carbocycles. The minimum Gasteiger partial charge on any atom is -0.380 e. The standard InChI is InChI=1S/C12H15N3O3S/c1-18-9-11-4-2-3-10(7-11)8-14-19(16,17)12-5-6-13-15-12/h2-7,14H,8-9H2,1H3,(H,13,15). The van der Waals surface area contributed by atoms with Gasteiger partial charge in [-0.05, 0) is 17.2 Å². The monoisotopic (exact) mass is 281 g/mol. The van der Waals surface area contributed by atoms with Crippen LogP contribution in [-0.2, 0) is 27.9 Å². The van der Waals surface area contributed by atoms with E-state index in [9.17, 15) is 8.42 Å². The molecule has 1 aromatic heterocycles. The Hall–Kier alpha value is -1.70. The summed E-state index contributed by atoms with van der Waals surface area (Å²) < 4.78 is 31.3. The number of H-pyrrole nitrogens is 1. The van der Waals surface area contributed by atoms with Crippen molar-refractivity contribution < 1.29 is 13.2 Å². The number of rotatable bonds is 6. The SMILES string of the molecule is COCc1cccc(CNS(=O)(=O)c2ccn[nH]2)c1. The molecule has 2 aromatic rings. The van der Waals surface area contributed by atoms with Crippen molar-refractivity contribution in [3.8, 4) is 0 Å². The van der Waals surface area contributed by atoms with Gasteiger partial charge in [0, 0.05) is 13.7 Å². The van der Waals surface area contributed by atoms with Gasteiger partial charge < -0.3 is 4.74 Å². The van der Waals surface area contributed by atoms with Gasteiger partial charge in [0.1, 0.15) is 0 Å². The summed E-state index contributed by atoms with van der Waals surface area (Å²) >= 11 is 0. The van der Waals surface area contributed by atoms with E-state index in [1.807, 2.05) is 24.3 Å². The second-order valence-electron chi connectivity index (χ2n) is 4.00. The zero-order chi connectivity index (χ0) is 13.7. The molecule has 7 heteroatoms. The molecule has 0 aliphatic rings. The Labute approximate surface area is 111 Å². The highest BCUT2D eigenvalue weighted by Gasteiger charge is 2.14. The predicted molar refractivity (Wildman–Crippen MR) is 69.8 cm³/mol. The minimum atomic E-state index is -3.54. The fourth-order valence-electron chi connectivity index (χ4n) is 1.64. The molecular weight excluding hydrogens is 266 g/mol. The van der Waals surface area contributed by atoms with E-state index in [0.717, 1.165) is 11.1 Å². The summed E-state index contributed by atoms with van der Waals surface area (Å²) in [7, 11) is -1.92. The molecular formula is C12H15N3O3S. The molecule has 0 aliphatic carbocycles. The van der Waals surface area contributed by atoms with E-state index in [1.165, 1.54) is 12.3 Å². The smallest absolute Gasteiger partial charge is 0.257 e. The number of nitrogens with one attached hydrogen (secondary N) is 2. The van der Waals surface area contributed by atoms with Crippen LogP contribution in [0.3, 0.4) is 0 Å². The molecule has 0 amide bonds. The Morgan fingerprint density at radius 2 is 2.11 bits per heavy atom. The van der Waals surface area contributed by atoms with Gasteiger partial charge in [-0.2, -0.15) is 5.10 Å². The summed E-state index contributed by atoms with van der Waals surface area (Å²) in [6, 6.07) is 8.96. The Bertz CT molecular complexity index is 623. The van der Waals surface area contributed by atoms with E-state index in [1.54, 1.807) is 7.11 Å². The molecule has 2 N–H and O–H groups in total. The van der Waals surface area contributed by atoms with Crippen LogP contribution >= 0.6 is 0 Å². The molecule has 0 saturated heterocycles. The van der Waals surface area contributed by atoms with Gasteiger partial charge in [0.15, 0.2) is 5.03 Å². The topological polar surface area (TPSA) is 84.1 Å². The number of aromatic nitrogens is 2. The van der Waals surface area contributed by atoms with Crippen LogP contribution in [0.5, 0.6) is 0 Å². The molecule has 1 aromatic carbocycles. The van der Waals surface area contributed by atoms with Gasteiger partial charge in [-0.25, -0.2) is 13.1 Å². The number of nitrogens with zero attached hydrogens (tertiary/aromatic N) is 1. The van der Waals surface area contributed by atoms with Gasteiger partial charge in [0.25, 0.3) is 10.0 Å². The van der Waals surface area contributed by atoms with E-state index >= 15 is 0 Å². The summed E-state index contributed by atoms with van der Waals surface area (Å²) in [6.07, 6.45) is 1.40. The van der Waals surface area contributed by atoms with E-state index < -0.39 is 10.0 Å². The number of ether oxygens (including phenoxy) is 1. The first-order valence-electron chi connectivity index (χ1n) is 5.67. The van der Waals surface area contributed by atoms with Crippen molar-refractivity contribution in [3.05, 3.63) is 47.7 Å². The number of benzene rings is 1. The van der Waals surface area contributed by atoms with Crippen LogP contribution in [0, 0.1) is 0 Å². The largest absolute Gasteiger partial charge is 0.380 e. The van der Waals surface area contributed by atoms with E-state index in [4.69, 9.17) is 4.74 Å². The Kier molecular flexibility index (Phi) is 4.31. The zero-order valence-corrected chi connectivity index (χ0v) is 11.3. The van der Waals surface area contributed by atoms with Gasteiger partial charge in [-0.1, -0.05) is 24.3 Å². The maximum absolute atomic E-state index is 11.9. The summed E-state index contributed by atoms with van der Waals surface area (Å²) in [5.74, 6) is 0. The first-order valence-corrected chi connectivity index (χ1v) is 7.16. The van der Waals surface area contributed by atoms with Gasteiger partial charge in [0.05, 0.1) is 12.8 Å². The van der Waals surface area contributed by atoms with Gasteiger partial charge in [0.2, 0.25) is 0 Å². The lowest BCUT2D eigenvalue weighted by molar-refractivity contribution is 0.185. The van der Waals surface area contributed by atoms with Gasteiger partial charge >= 0.3 is 0 Å². The highest BCUT2D eigenvalue weighted by molar-refractivity contribution is 7.89. The number of sulfonamides is 1. The molecule has 0 radical (unpaired) electrons. The number of hydrogen-bond acceptors (Lipinski definition) is 4. The van der Waals surface area contributed by atoms with Gasteiger partial charge in [-0.3, -0.25) is 5.10 Å². The molecule has 0 unspecified atom stereocenters. The van der Waals surface area contributed by atoms with Crippen LogP contribution in [-0.4, -0.2) is 25.7 Å². The average Bonchev–Trinajstić information content (AvgIpc) is 2.92. The Morgan fingerprint density at radius 3 is 2.79 bits per heavy atom. The maximum atomic E-state index is 11.9. The molecule has 19 heavy (non-hydrogen) atoms. The number of aromatic amines is 1. The quantitative estimate of drug-likeness (QED) is 0.828. The highest BCUT2D eigenvalue weighted by atomic mass is 32.2. The van der Waals surface area contributed by atoms with Crippen LogP contribution in [0.1, 0.15) is 11.1 Å². The normalized spacial score (nSPS) is 11.6. The lowest BCUT2D eigenvalue weighted by Crippen LogP contribution is -2.23. The average molecular weight is 281 g/mol. The molecule has 0 bridgehead atoms. The first kappa shape index (κ1) is 13.7. The molecule has 0 fully saturated rings. The summed E-state index contributed by atoms with van der Waals surface area (Å²) in [6.45, 7) is 0.722. The fraction of sp³-hybridized carbons (Fsp3) is 0.250. The Balaban J connectivity index is 2.05. The third-order valence-corrected chi connectivity index (χ3v) is 3.86. The van der Waals surface area contributed by atoms with Crippen LogP contribution < -0.4 is 4.72 Å². The first-order chi connectivity index (χ1) is 9.12. The fourth-order valence-corrected chi connectivity index (χ4v) is 2.57.